The van der Waals surface area contributed by atoms with E-state index < -0.39 is 12.1 Å². The second-order valence-corrected chi connectivity index (χ2v) is 12.3. The molecule has 2 aliphatic rings. The van der Waals surface area contributed by atoms with Gasteiger partial charge in [-0.25, -0.2) is 4.79 Å². The summed E-state index contributed by atoms with van der Waals surface area (Å²) < 4.78 is 12.3. The van der Waals surface area contributed by atoms with Gasteiger partial charge in [0.1, 0.15) is 5.75 Å². The van der Waals surface area contributed by atoms with Gasteiger partial charge < -0.3 is 29.5 Å². The van der Waals surface area contributed by atoms with Crippen molar-refractivity contribution in [1.82, 2.24) is 4.90 Å². The lowest BCUT2D eigenvalue weighted by molar-refractivity contribution is -0.147. The molecule has 2 N–H and O–H groups in total. The Morgan fingerprint density at radius 2 is 1.96 bits per heavy atom. The first-order valence-electron chi connectivity index (χ1n) is 16.2. The van der Waals surface area contributed by atoms with Crippen LogP contribution in [0.2, 0.25) is 5.02 Å². The van der Waals surface area contributed by atoms with Crippen molar-refractivity contribution in [3.63, 3.8) is 0 Å². The van der Waals surface area contributed by atoms with E-state index in [0.717, 1.165) is 49.4 Å². The molecule has 1 heterocycles. The molecule has 1 fully saturated rings. The number of carboxylic acids is 1. The van der Waals surface area contributed by atoms with Gasteiger partial charge in [-0.15, -0.1) is 0 Å². The van der Waals surface area contributed by atoms with E-state index in [4.69, 9.17) is 21.1 Å². The third kappa shape index (κ3) is 9.47. The van der Waals surface area contributed by atoms with Crippen molar-refractivity contribution in [1.29, 1.82) is 0 Å². The number of carbonyl (C=O) groups is 2. The molecule has 1 aliphatic heterocycles. The number of halogens is 1. The zero-order chi connectivity index (χ0) is 33.1. The maximum atomic E-state index is 11.6. The largest absolute Gasteiger partial charge is 0.491 e. The number of amides is 1. The standard InChI is InChI=1S/C34H45ClN2O6.C2H6/c1-5-8-23-17-27(35)12-14-28(23)26-20-37(30-18-24(33(39)34(40)41)11-15-32(30)43-21-26)19-25-10-13-29(25)31(42-4)9-6-7-16-36(3)22(2)38;1-2/h6,9,11-12,14-15,17-18,25-26,29,31,33,39H,5,7-8,10,13,16,19-21H2,1-4H3,(H,40,41);1-2H3/b9-6+;. The summed E-state index contributed by atoms with van der Waals surface area (Å²) >= 11 is 6.38. The quantitative estimate of drug-likeness (QED) is 0.230. The molecule has 0 saturated heterocycles. The smallest absolute Gasteiger partial charge is 0.337 e. The normalized spacial score (nSPS) is 20.5. The van der Waals surface area contributed by atoms with E-state index in [1.807, 2.05) is 19.9 Å². The lowest BCUT2D eigenvalue weighted by atomic mass is 9.70. The predicted molar refractivity (Wildman–Crippen MR) is 180 cm³/mol. The van der Waals surface area contributed by atoms with Crippen molar-refractivity contribution in [2.24, 2.45) is 11.8 Å². The maximum absolute atomic E-state index is 11.6. The number of aliphatic hydroxyl groups excluding tert-OH is 1. The van der Waals surface area contributed by atoms with E-state index in [1.54, 1.807) is 44.2 Å². The zero-order valence-electron chi connectivity index (χ0n) is 27.7. The van der Waals surface area contributed by atoms with Gasteiger partial charge in [-0.3, -0.25) is 4.79 Å². The minimum Gasteiger partial charge on any atom is -0.491 e. The van der Waals surface area contributed by atoms with Crippen LogP contribution in [0.4, 0.5) is 5.69 Å². The number of ether oxygens (including phenoxy) is 2. The third-order valence-electron chi connectivity index (χ3n) is 8.94. The molecule has 1 aliphatic carbocycles. The first-order chi connectivity index (χ1) is 21.6. The van der Waals surface area contributed by atoms with Gasteiger partial charge in [0.15, 0.2) is 6.10 Å². The van der Waals surface area contributed by atoms with E-state index in [1.165, 1.54) is 11.1 Å². The first kappa shape index (κ1) is 36.4. The highest BCUT2D eigenvalue weighted by Gasteiger charge is 2.39. The molecular weight excluding hydrogens is 592 g/mol. The number of aryl methyl sites for hydroxylation is 1. The Labute approximate surface area is 274 Å². The summed E-state index contributed by atoms with van der Waals surface area (Å²) in [7, 11) is 3.55. The molecule has 2 aromatic rings. The molecule has 45 heavy (non-hydrogen) atoms. The Hall–Kier alpha value is -3.07. The summed E-state index contributed by atoms with van der Waals surface area (Å²) in [5, 5.41) is 20.5. The van der Waals surface area contributed by atoms with E-state index in [-0.39, 0.29) is 17.9 Å². The van der Waals surface area contributed by atoms with Gasteiger partial charge in [0.25, 0.3) is 0 Å². The van der Waals surface area contributed by atoms with E-state index in [0.29, 0.717) is 42.8 Å². The molecule has 1 saturated carbocycles. The van der Waals surface area contributed by atoms with Gasteiger partial charge in [0.2, 0.25) is 5.91 Å². The number of anilines is 1. The van der Waals surface area contributed by atoms with Crippen molar-refractivity contribution in [2.75, 3.05) is 45.3 Å². The topological polar surface area (TPSA) is 99.5 Å². The lowest BCUT2D eigenvalue weighted by Gasteiger charge is -2.43. The number of carboxylic acid groups (broad SMARTS) is 1. The van der Waals surface area contributed by atoms with Crippen LogP contribution in [0.25, 0.3) is 0 Å². The van der Waals surface area contributed by atoms with Gasteiger partial charge in [-0.05, 0) is 78.5 Å². The number of carbonyl (C=O) groups excluding carboxylic acids is 1. The van der Waals surface area contributed by atoms with Crippen LogP contribution in [0.3, 0.4) is 0 Å². The molecule has 5 atom stereocenters. The Morgan fingerprint density at radius 1 is 1.20 bits per heavy atom. The zero-order valence-corrected chi connectivity index (χ0v) is 28.4. The molecule has 0 radical (unpaired) electrons. The highest BCUT2D eigenvalue weighted by Crippen LogP contribution is 2.43. The van der Waals surface area contributed by atoms with Crippen molar-refractivity contribution in [2.45, 2.75) is 77.9 Å². The SMILES string of the molecule is CC.CCCc1cc(Cl)ccc1C1COc2ccc(C(O)C(=O)O)cc2N(CC2CCC2C(/C=C/CCN(C)C(C)=O)OC)C1. The van der Waals surface area contributed by atoms with Gasteiger partial charge >= 0.3 is 5.97 Å². The fourth-order valence-electron chi connectivity index (χ4n) is 6.23. The molecule has 1 amide bonds. The summed E-state index contributed by atoms with van der Waals surface area (Å²) in [4.78, 5) is 27.1. The molecule has 9 heteroatoms. The molecule has 0 spiro atoms. The summed E-state index contributed by atoms with van der Waals surface area (Å²) in [6, 6.07) is 11.3. The summed E-state index contributed by atoms with van der Waals surface area (Å²) in [6.07, 6.45) is 7.38. The monoisotopic (exact) mass is 642 g/mol. The fraction of sp³-hybridized carbons (Fsp3) is 0.556. The molecule has 2 aromatic carbocycles. The van der Waals surface area contributed by atoms with Crippen LogP contribution in [0.15, 0.2) is 48.6 Å². The number of aliphatic carboxylic acids is 1. The number of rotatable bonds is 13. The van der Waals surface area contributed by atoms with Gasteiger partial charge in [0.05, 0.1) is 18.4 Å². The number of aliphatic hydroxyl groups is 1. The average molecular weight is 643 g/mol. The Kier molecular flexibility index (Phi) is 14.2. The minimum absolute atomic E-state index is 0.0348. The van der Waals surface area contributed by atoms with Crippen LogP contribution in [0, 0.1) is 11.8 Å². The molecule has 4 rings (SSSR count). The van der Waals surface area contributed by atoms with Crippen LogP contribution in [-0.2, 0) is 20.7 Å². The predicted octanol–water partition coefficient (Wildman–Crippen LogP) is 6.89. The van der Waals surface area contributed by atoms with E-state index in [2.05, 4.69) is 36.1 Å². The second kappa shape index (κ2) is 17.6. The van der Waals surface area contributed by atoms with Crippen molar-refractivity contribution < 1.29 is 29.3 Å². The first-order valence-corrected chi connectivity index (χ1v) is 16.6. The number of hydrogen-bond donors (Lipinski definition) is 2. The second-order valence-electron chi connectivity index (χ2n) is 11.8. The van der Waals surface area contributed by atoms with Gasteiger partial charge in [-0.2, -0.15) is 0 Å². The maximum Gasteiger partial charge on any atom is 0.337 e. The fourth-order valence-corrected chi connectivity index (χ4v) is 6.43. The number of nitrogens with zero attached hydrogens (tertiary/aromatic N) is 2. The minimum atomic E-state index is -1.61. The average Bonchev–Trinajstić information content (AvgIpc) is 3.20. The van der Waals surface area contributed by atoms with Crippen LogP contribution in [0.1, 0.15) is 82.1 Å². The van der Waals surface area contributed by atoms with Crippen molar-refractivity contribution in [3.8, 4) is 5.75 Å². The van der Waals surface area contributed by atoms with Crippen LogP contribution < -0.4 is 9.64 Å². The summed E-state index contributed by atoms with van der Waals surface area (Å²) in [5.41, 5.74) is 3.56. The van der Waals surface area contributed by atoms with E-state index in [9.17, 15) is 19.8 Å². The molecule has 8 nitrogen and oxygen atoms in total. The highest BCUT2D eigenvalue weighted by molar-refractivity contribution is 6.30. The van der Waals surface area contributed by atoms with Crippen LogP contribution in [-0.4, -0.2) is 73.5 Å². The van der Waals surface area contributed by atoms with Crippen molar-refractivity contribution >= 4 is 29.2 Å². The molecule has 248 valence electrons. The Balaban J connectivity index is 0.00000271. The molecular formula is C36H51ClN2O6. The molecule has 0 bridgehead atoms. The third-order valence-corrected chi connectivity index (χ3v) is 9.17. The van der Waals surface area contributed by atoms with E-state index >= 15 is 0 Å². The van der Waals surface area contributed by atoms with Gasteiger partial charge in [-0.1, -0.05) is 63.1 Å². The molecule has 5 unspecified atom stereocenters. The number of fused-ring (bicyclic) bond motifs is 1. The summed E-state index contributed by atoms with van der Waals surface area (Å²) in [5.74, 6) is 0.214. The van der Waals surface area contributed by atoms with Gasteiger partial charge in [0, 0.05) is 51.7 Å². The number of benzene rings is 2. The number of methoxy groups -OCH3 is 1. The van der Waals surface area contributed by atoms with Crippen molar-refractivity contribution in [3.05, 3.63) is 70.3 Å². The van der Waals surface area contributed by atoms with Crippen LogP contribution >= 0.6 is 11.6 Å². The molecule has 0 aromatic heterocycles. The van der Waals surface area contributed by atoms with Crippen LogP contribution in [0.5, 0.6) is 5.75 Å². The summed E-state index contributed by atoms with van der Waals surface area (Å²) in [6.45, 7) is 10.3. The lowest BCUT2D eigenvalue weighted by Crippen LogP contribution is -2.44. The Morgan fingerprint density at radius 3 is 2.58 bits per heavy atom. The number of hydrogen-bond acceptors (Lipinski definition) is 6. The Bertz CT molecular complexity index is 1300. The highest BCUT2D eigenvalue weighted by atomic mass is 35.5.